The van der Waals surface area contributed by atoms with Gasteiger partial charge in [0.15, 0.2) is 0 Å². The fraction of sp³-hybridized carbons (Fsp3) is 0.412. The second kappa shape index (κ2) is 6.97. The van der Waals surface area contributed by atoms with E-state index >= 15 is 0 Å². The summed E-state index contributed by atoms with van der Waals surface area (Å²) in [4.78, 5) is 22.4. The summed E-state index contributed by atoms with van der Waals surface area (Å²) in [6, 6.07) is 7.71. The van der Waals surface area contributed by atoms with Gasteiger partial charge in [-0.15, -0.1) is 0 Å². The number of aromatic amines is 1. The Morgan fingerprint density at radius 2 is 2.17 bits per heavy atom. The van der Waals surface area contributed by atoms with Gasteiger partial charge in [-0.2, -0.15) is 11.8 Å². The molecule has 1 aliphatic rings. The summed E-state index contributed by atoms with van der Waals surface area (Å²) in [5.41, 5.74) is 2.00. The summed E-state index contributed by atoms with van der Waals surface area (Å²) < 4.78 is 0. The first-order valence-electron chi connectivity index (χ1n) is 7.74. The summed E-state index contributed by atoms with van der Waals surface area (Å²) in [7, 11) is 0. The first-order chi connectivity index (χ1) is 11.1. The van der Waals surface area contributed by atoms with Crippen molar-refractivity contribution >= 4 is 29.3 Å². The number of nitrogens with one attached hydrogen (secondary N) is 1. The first kappa shape index (κ1) is 16.4. The van der Waals surface area contributed by atoms with Crippen LogP contribution in [-0.4, -0.2) is 38.8 Å². The number of aromatic nitrogens is 2. The van der Waals surface area contributed by atoms with Crippen LogP contribution in [0.25, 0.3) is 11.3 Å². The number of halogens is 1. The maximum atomic E-state index is 12.5. The van der Waals surface area contributed by atoms with Gasteiger partial charge >= 0.3 is 0 Å². The standard InChI is InChI=1S/C17H20ClN3OS/c1-11(23-2)17(22)21-9-3-4-15(21)16-19-10-14(20-16)12-5-7-13(18)8-6-12/h5-8,10-11,15H,3-4,9H2,1-2H3,(H,19,20)/t11-,15+/m1/s1. The summed E-state index contributed by atoms with van der Waals surface area (Å²) in [5.74, 6) is 1.07. The quantitative estimate of drug-likeness (QED) is 0.902. The Bertz CT molecular complexity index is 685. The number of carbonyl (C=O) groups excluding carboxylic acids is 1. The number of H-pyrrole nitrogens is 1. The number of benzene rings is 1. The van der Waals surface area contributed by atoms with Crippen LogP contribution in [0.4, 0.5) is 0 Å². The van der Waals surface area contributed by atoms with Gasteiger partial charge in [-0.1, -0.05) is 23.7 Å². The molecule has 0 spiro atoms. The van der Waals surface area contributed by atoms with E-state index in [0.717, 1.165) is 36.5 Å². The Balaban J connectivity index is 1.81. The van der Waals surface area contributed by atoms with E-state index in [-0.39, 0.29) is 17.2 Å². The molecule has 23 heavy (non-hydrogen) atoms. The average Bonchev–Trinajstić information content (AvgIpc) is 3.22. The minimum atomic E-state index is -0.0127. The number of hydrogen-bond acceptors (Lipinski definition) is 3. The van der Waals surface area contributed by atoms with Crippen LogP contribution < -0.4 is 0 Å². The Morgan fingerprint density at radius 3 is 2.87 bits per heavy atom. The molecule has 0 aliphatic carbocycles. The number of imidazole rings is 1. The van der Waals surface area contributed by atoms with E-state index in [1.54, 1.807) is 11.8 Å². The van der Waals surface area contributed by atoms with Gasteiger partial charge in [0.1, 0.15) is 5.82 Å². The van der Waals surface area contributed by atoms with Gasteiger partial charge in [0, 0.05) is 11.6 Å². The van der Waals surface area contributed by atoms with Crippen molar-refractivity contribution < 1.29 is 4.79 Å². The predicted octanol–water partition coefficient (Wildman–Crippen LogP) is 4.15. The second-order valence-corrected chi connectivity index (χ2v) is 7.37. The van der Waals surface area contributed by atoms with Crippen LogP contribution in [0.3, 0.4) is 0 Å². The van der Waals surface area contributed by atoms with E-state index in [4.69, 9.17) is 11.6 Å². The van der Waals surface area contributed by atoms with Crippen molar-refractivity contribution in [2.45, 2.75) is 31.1 Å². The molecule has 6 heteroatoms. The van der Waals surface area contributed by atoms with Gasteiger partial charge in [0.05, 0.1) is 23.2 Å². The molecule has 3 rings (SSSR count). The average molecular weight is 350 g/mol. The van der Waals surface area contributed by atoms with E-state index in [0.29, 0.717) is 5.02 Å². The van der Waals surface area contributed by atoms with Gasteiger partial charge in [-0.05, 0) is 43.7 Å². The first-order valence-corrected chi connectivity index (χ1v) is 9.41. The molecular weight excluding hydrogens is 330 g/mol. The molecule has 1 saturated heterocycles. The minimum Gasteiger partial charge on any atom is -0.340 e. The van der Waals surface area contributed by atoms with E-state index < -0.39 is 0 Å². The topological polar surface area (TPSA) is 49.0 Å². The number of carbonyl (C=O) groups is 1. The van der Waals surface area contributed by atoms with Crippen molar-refractivity contribution in [3.8, 4) is 11.3 Å². The lowest BCUT2D eigenvalue weighted by atomic mass is 10.2. The fourth-order valence-corrected chi connectivity index (χ4v) is 3.39. The zero-order valence-corrected chi connectivity index (χ0v) is 14.8. The van der Waals surface area contributed by atoms with Gasteiger partial charge in [0.25, 0.3) is 0 Å². The summed E-state index contributed by atoms with van der Waals surface area (Å²) in [5, 5.41) is 0.702. The summed E-state index contributed by atoms with van der Waals surface area (Å²) in [6.07, 6.45) is 5.78. The van der Waals surface area contributed by atoms with E-state index in [1.165, 1.54) is 0 Å². The molecule has 4 nitrogen and oxygen atoms in total. The van der Waals surface area contributed by atoms with Gasteiger partial charge in [0.2, 0.25) is 5.91 Å². The van der Waals surface area contributed by atoms with E-state index in [1.807, 2.05) is 48.5 Å². The number of amides is 1. The molecule has 1 aromatic carbocycles. The number of hydrogen-bond donors (Lipinski definition) is 1. The molecular formula is C17H20ClN3OS. The zero-order valence-electron chi connectivity index (χ0n) is 13.3. The van der Waals surface area contributed by atoms with Crippen LogP contribution in [0.2, 0.25) is 5.02 Å². The minimum absolute atomic E-state index is 0.0127. The van der Waals surface area contributed by atoms with Crippen LogP contribution in [0.15, 0.2) is 30.5 Å². The highest BCUT2D eigenvalue weighted by atomic mass is 35.5. The molecule has 1 aromatic heterocycles. The van der Waals surface area contributed by atoms with Crippen molar-refractivity contribution in [1.29, 1.82) is 0 Å². The summed E-state index contributed by atoms with van der Waals surface area (Å²) >= 11 is 7.52. The van der Waals surface area contributed by atoms with Crippen molar-refractivity contribution in [1.82, 2.24) is 14.9 Å². The molecule has 2 atom stereocenters. The number of rotatable bonds is 4. The monoisotopic (exact) mass is 349 g/mol. The summed E-state index contributed by atoms with van der Waals surface area (Å²) in [6.45, 7) is 2.77. The van der Waals surface area contributed by atoms with E-state index in [2.05, 4.69) is 9.97 Å². The van der Waals surface area contributed by atoms with Crippen LogP contribution in [-0.2, 0) is 4.79 Å². The van der Waals surface area contributed by atoms with Crippen molar-refractivity contribution in [3.05, 3.63) is 41.3 Å². The van der Waals surface area contributed by atoms with Crippen LogP contribution in [0, 0.1) is 0 Å². The lowest BCUT2D eigenvalue weighted by Crippen LogP contribution is -2.36. The second-order valence-electron chi connectivity index (χ2n) is 5.76. The largest absolute Gasteiger partial charge is 0.340 e. The highest BCUT2D eigenvalue weighted by molar-refractivity contribution is 7.99. The Labute approximate surface area is 145 Å². The molecule has 2 heterocycles. The smallest absolute Gasteiger partial charge is 0.236 e. The molecule has 0 bridgehead atoms. The molecule has 1 aliphatic heterocycles. The number of nitrogens with zero attached hydrogens (tertiary/aromatic N) is 2. The van der Waals surface area contributed by atoms with Crippen LogP contribution in [0.1, 0.15) is 31.6 Å². The van der Waals surface area contributed by atoms with E-state index in [9.17, 15) is 4.79 Å². The molecule has 0 radical (unpaired) electrons. The van der Waals surface area contributed by atoms with Crippen molar-refractivity contribution in [2.24, 2.45) is 0 Å². The molecule has 0 saturated carbocycles. The Kier molecular flexibility index (Phi) is 4.97. The van der Waals surface area contributed by atoms with Crippen molar-refractivity contribution in [2.75, 3.05) is 12.8 Å². The van der Waals surface area contributed by atoms with Gasteiger partial charge < -0.3 is 9.88 Å². The third-order valence-corrected chi connectivity index (χ3v) is 5.46. The molecule has 2 aromatic rings. The molecule has 0 unspecified atom stereocenters. The van der Waals surface area contributed by atoms with Gasteiger partial charge in [-0.3, -0.25) is 4.79 Å². The molecule has 122 valence electrons. The zero-order chi connectivity index (χ0) is 16.4. The van der Waals surface area contributed by atoms with Crippen molar-refractivity contribution in [3.63, 3.8) is 0 Å². The third kappa shape index (κ3) is 3.40. The molecule has 1 N–H and O–H groups in total. The number of thioether (sulfide) groups is 1. The fourth-order valence-electron chi connectivity index (χ4n) is 2.93. The Hall–Kier alpha value is -1.46. The van der Waals surface area contributed by atoms with Gasteiger partial charge in [-0.25, -0.2) is 4.98 Å². The third-order valence-electron chi connectivity index (χ3n) is 4.30. The maximum Gasteiger partial charge on any atom is 0.236 e. The Morgan fingerprint density at radius 1 is 1.43 bits per heavy atom. The lowest BCUT2D eigenvalue weighted by molar-refractivity contribution is -0.131. The van der Waals surface area contributed by atoms with Crippen LogP contribution in [0.5, 0.6) is 0 Å². The highest BCUT2D eigenvalue weighted by Crippen LogP contribution is 2.33. The number of likely N-dealkylation sites (tertiary alicyclic amines) is 1. The normalized spacial score (nSPS) is 19.1. The van der Waals surface area contributed by atoms with Crippen LogP contribution >= 0.6 is 23.4 Å². The lowest BCUT2D eigenvalue weighted by Gasteiger charge is -2.25. The highest BCUT2D eigenvalue weighted by Gasteiger charge is 2.33. The SMILES string of the molecule is CS[C@H](C)C(=O)N1CCC[C@H]1c1ncc(-c2ccc(Cl)cc2)[nH]1. The molecule has 1 fully saturated rings. The predicted molar refractivity (Wildman–Crippen MR) is 95.7 cm³/mol. The maximum absolute atomic E-state index is 12.5. The molecule has 1 amide bonds.